The van der Waals surface area contributed by atoms with Gasteiger partial charge in [-0.25, -0.2) is 12.2 Å². The first-order chi connectivity index (χ1) is 8.15. The second-order valence-corrected chi connectivity index (χ2v) is 5.05. The number of aromatic amines is 1. The van der Waals surface area contributed by atoms with Crippen LogP contribution in [-0.4, -0.2) is 14.5 Å². The fourth-order valence-corrected chi connectivity index (χ4v) is 0.581. The molecule has 0 spiro atoms. The van der Waals surface area contributed by atoms with Crippen molar-refractivity contribution in [2.45, 2.75) is 40.3 Å². The summed E-state index contributed by atoms with van der Waals surface area (Å²) in [6.07, 6.45) is 14.6. The van der Waals surface area contributed by atoms with Crippen LogP contribution in [0.25, 0.3) is 0 Å². The molecule has 0 aromatic carbocycles. The second-order valence-electron chi connectivity index (χ2n) is 3.89. The van der Waals surface area contributed by atoms with E-state index < -0.39 is 0 Å². The molecule has 0 saturated heterocycles. The third kappa shape index (κ3) is 51.5. The fraction of sp³-hybridized carbons (Fsp3) is 0.400. The van der Waals surface area contributed by atoms with Crippen LogP contribution in [0.5, 0.6) is 0 Å². The number of rotatable bonds is 0. The molecule has 0 aliphatic heterocycles. The van der Waals surface area contributed by atoms with Crippen LogP contribution >= 0.6 is 24.8 Å². The van der Waals surface area contributed by atoms with Crippen LogP contribution in [0.3, 0.4) is 0 Å². The molecular weight excluding hydrogens is 384 g/mol. The SMILES string of the molecule is C[C-](C)C.C[SiH]C.Cl.Cl.[C-]1=CC=CC1.[Zr+3].[c-]1ccc[nH]1. The van der Waals surface area contributed by atoms with Gasteiger partial charge in [0.1, 0.15) is 0 Å². The quantitative estimate of drug-likeness (QED) is 0.451. The number of allylic oxidation sites excluding steroid dienone is 4. The van der Waals surface area contributed by atoms with Crippen molar-refractivity contribution < 1.29 is 26.2 Å². The van der Waals surface area contributed by atoms with Crippen molar-refractivity contribution in [2.24, 2.45) is 0 Å². The summed E-state index contributed by atoms with van der Waals surface area (Å²) in [6.45, 7) is 10.7. The van der Waals surface area contributed by atoms with Gasteiger partial charge in [-0.1, -0.05) is 13.1 Å². The molecule has 1 aromatic rings. The molecule has 0 bridgehead atoms. The van der Waals surface area contributed by atoms with Crippen molar-refractivity contribution >= 4 is 34.3 Å². The van der Waals surface area contributed by atoms with E-state index in [0.717, 1.165) is 15.9 Å². The van der Waals surface area contributed by atoms with Gasteiger partial charge in [-0.2, -0.15) is 45.2 Å². The third-order valence-electron chi connectivity index (χ3n) is 1.03. The zero-order valence-electron chi connectivity index (χ0n) is 13.1. The van der Waals surface area contributed by atoms with Crippen molar-refractivity contribution in [1.29, 1.82) is 0 Å². The Balaban J connectivity index is -0.0000000486. The first kappa shape index (κ1) is 32.4. The molecule has 0 unspecified atom stereocenters. The van der Waals surface area contributed by atoms with Gasteiger partial charge >= 0.3 is 26.2 Å². The molecule has 1 nitrogen and oxygen atoms in total. The van der Waals surface area contributed by atoms with E-state index in [9.17, 15) is 0 Å². The van der Waals surface area contributed by atoms with Gasteiger partial charge in [-0.3, -0.25) is 6.08 Å². The van der Waals surface area contributed by atoms with Crippen LogP contribution in [0.15, 0.2) is 36.6 Å². The van der Waals surface area contributed by atoms with Gasteiger partial charge in [-0.05, 0) is 0 Å². The molecular formula is C15H27Cl2NSiZr. The van der Waals surface area contributed by atoms with Gasteiger partial charge in [0.15, 0.2) is 0 Å². The molecule has 0 saturated carbocycles. The minimum Gasteiger partial charge on any atom is -0.484 e. The first-order valence-corrected chi connectivity index (χ1v) is 8.18. The fourth-order valence-electron chi connectivity index (χ4n) is 0.581. The standard InChI is InChI=1S/C5H5.C4H4N.C4H9.C2H7Si.2ClH.Zr/c2*1-2-4-5-3-1;1-4(2)3;1-3-2;;;/h1-3H,4H2;1-3,5H;1-3H3;3H,1-2H3;2*1H;/q3*-1;;;;+3. The second kappa shape index (κ2) is 31.7. The summed E-state index contributed by atoms with van der Waals surface area (Å²) < 4.78 is 0. The van der Waals surface area contributed by atoms with Crippen molar-refractivity contribution in [2.75, 3.05) is 0 Å². The number of hydrogen-bond donors (Lipinski definition) is 1. The molecule has 5 heteroatoms. The Bertz CT molecular complexity index is 233. The van der Waals surface area contributed by atoms with Crippen LogP contribution in [-0.2, 0) is 26.2 Å². The largest absolute Gasteiger partial charge is 3.00 e. The minimum atomic E-state index is 0. The van der Waals surface area contributed by atoms with Gasteiger partial charge in [0.25, 0.3) is 0 Å². The number of hydrogen-bond acceptors (Lipinski definition) is 0. The van der Waals surface area contributed by atoms with Crippen LogP contribution in [0, 0.1) is 18.2 Å². The summed E-state index contributed by atoms with van der Waals surface area (Å²) in [5.74, 6) is 1.42. The number of aromatic nitrogens is 1. The summed E-state index contributed by atoms with van der Waals surface area (Å²) in [4.78, 5) is 2.74. The minimum absolute atomic E-state index is 0. The summed E-state index contributed by atoms with van der Waals surface area (Å²) >= 11 is 0. The summed E-state index contributed by atoms with van der Waals surface area (Å²) in [5, 5.41) is 0. The Morgan fingerprint density at radius 2 is 1.65 bits per heavy atom. The molecule has 0 fully saturated rings. The first-order valence-electron chi connectivity index (χ1n) is 5.87. The van der Waals surface area contributed by atoms with Crippen molar-refractivity contribution in [3.63, 3.8) is 0 Å². The topological polar surface area (TPSA) is 15.8 Å². The van der Waals surface area contributed by atoms with E-state index in [2.05, 4.69) is 57.2 Å². The van der Waals surface area contributed by atoms with Crippen LogP contribution in [0.1, 0.15) is 27.2 Å². The number of halogens is 2. The maximum atomic E-state index is 2.99. The predicted molar refractivity (Wildman–Crippen MR) is 94.8 cm³/mol. The van der Waals surface area contributed by atoms with Crippen LogP contribution in [0.2, 0.25) is 13.1 Å². The van der Waals surface area contributed by atoms with E-state index in [0.29, 0.717) is 0 Å². The van der Waals surface area contributed by atoms with E-state index in [1.54, 1.807) is 0 Å². The smallest absolute Gasteiger partial charge is 0.484 e. The van der Waals surface area contributed by atoms with Gasteiger partial charge in [0, 0.05) is 9.52 Å². The Hall–Kier alpha value is 0.440. The Morgan fingerprint density at radius 3 is 1.75 bits per heavy atom. The molecule has 2 radical (unpaired) electrons. The van der Waals surface area contributed by atoms with Crippen LogP contribution < -0.4 is 0 Å². The maximum Gasteiger partial charge on any atom is 3.00 e. The Kier molecular flexibility index (Phi) is 51.4. The van der Waals surface area contributed by atoms with Crippen molar-refractivity contribution in [3.05, 3.63) is 54.7 Å². The Labute approximate surface area is 159 Å². The van der Waals surface area contributed by atoms with Gasteiger partial charge in [0.05, 0.1) is 0 Å². The summed E-state index contributed by atoms with van der Waals surface area (Å²) in [7, 11) is 0.750. The third-order valence-corrected chi connectivity index (χ3v) is 1.03. The molecule has 1 aliphatic rings. The monoisotopic (exact) mass is 409 g/mol. The van der Waals surface area contributed by atoms with Crippen molar-refractivity contribution in [3.8, 4) is 0 Å². The number of nitrogens with one attached hydrogen (secondary N) is 1. The molecule has 20 heavy (non-hydrogen) atoms. The zero-order chi connectivity index (χ0) is 13.4. The van der Waals surface area contributed by atoms with Gasteiger partial charge in [-0.15, -0.1) is 37.4 Å². The van der Waals surface area contributed by atoms with Gasteiger partial charge in [0.2, 0.25) is 0 Å². The van der Waals surface area contributed by atoms with Crippen LogP contribution in [0.4, 0.5) is 0 Å². The predicted octanol–water partition coefficient (Wildman–Crippen LogP) is 5.10. The van der Waals surface area contributed by atoms with E-state index in [-0.39, 0.29) is 51.0 Å². The molecule has 1 aromatic heterocycles. The zero-order valence-corrected chi connectivity index (χ0v) is 18.3. The molecule has 1 heterocycles. The number of H-pyrrole nitrogens is 1. The molecule has 0 atom stereocenters. The summed E-state index contributed by atoms with van der Waals surface area (Å²) in [5.41, 5.74) is 0. The van der Waals surface area contributed by atoms with E-state index in [1.807, 2.05) is 30.5 Å². The average molecular weight is 412 g/mol. The normalized spacial score (nSPS) is 9.10. The van der Waals surface area contributed by atoms with E-state index in [4.69, 9.17) is 0 Å². The summed E-state index contributed by atoms with van der Waals surface area (Å²) in [6, 6.07) is 3.71. The molecule has 1 N–H and O–H groups in total. The maximum absolute atomic E-state index is 2.99. The molecule has 1 aliphatic carbocycles. The molecule has 114 valence electrons. The van der Waals surface area contributed by atoms with E-state index >= 15 is 0 Å². The molecule has 2 rings (SSSR count). The van der Waals surface area contributed by atoms with Crippen molar-refractivity contribution in [1.82, 2.24) is 4.98 Å². The van der Waals surface area contributed by atoms with Gasteiger partial charge < -0.3 is 10.9 Å². The Morgan fingerprint density at radius 1 is 1.15 bits per heavy atom. The average Bonchev–Trinajstić information content (AvgIpc) is 2.98. The van der Waals surface area contributed by atoms with E-state index in [1.165, 1.54) is 5.92 Å². The molecule has 0 amide bonds.